The number of hydrogen-bond donors (Lipinski definition) is 2. The molecule has 1 aliphatic rings. The molecule has 0 aliphatic heterocycles. The van der Waals surface area contributed by atoms with Gasteiger partial charge in [0.25, 0.3) is 0 Å². The Labute approximate surface area is 85.8 Å². The zero-order valence-corrected chi connectivity index (χ0v) is 9.22. The first-order chi connectivity index (χ1) is 6.67. The van der Waals surface area contributed by atoms with Gasteiger partial charge in [0, 0.05) is 13.2 Å². The van der Waals surface area contributed by atoms with Gasteiger partial charge in [-0.2, -0.15) is 0 Å². The number of aliphatic hydroxyl groups excluding tert-OH is 1. The fraction of sp³-hybridized carbons (Fsp3) is 1.00. The van der Waals surface area contributed by atoms with Crippen molar-refractivity contribution in [3.63, 3.8) is 0 Å². The largest absolute Gasteiger partial charge is 0.396 e. The Bertz CT molecular complexity index is 245. The molecule has 84 valence electrons. The summed E-state index contributed by atoms with van der Waals surface area (Å²) >= 11 is 0. The number of sulfonamides is 1. The predicted octanol–water partition coefficient (Wildman–Crippen LogP) is 0.621. The van der Waals surface area contributed by atoms with E-state index < -0.39 is 10.0 Å². The summed E-state index contributed by atoms with van der Waals surface area (Å²) in [4.78, 5) is 0. The summed E-state index contributed by atoms with van der Waals surface area (Å²) in [6, 6.07) is 0. The molecule has 0 amide bonds. The second-order valence-electron chi connectivity index (χ2n) is 3.78. The van der Waals surface area contributed by atoms with Crippen molar-refractivity contribution in [1.29, 1.82) is 0 Å². The highest BCUT2D eigenvalue weighted by Crippen LogP contribution is 2.22. The smallest absolute Gasteiger partial charge is 0.214 e. The van der Waals surface area contributed by atoms with E-state index in [1.54, 1.807) is 0 Å². The van der Waals surface area contributed by atoms with Crippen LogP contribution in [0.4, 0.5) is 0 Å². The summed E-state index contributed by atoms with van der Waals surface area (Å²) in [5, 5.41) is 8.34. The van der Waals surface area contributed by atoms with E-state index in [1.165, 1.54) is 0 Å². The molecular weight excluding hydrogens is 202 g/mol. The molecule has 0 radical (unpaired) electrons. The first kappa shape index (κ1) is 11.9. The molecule has 0 unspecified atom stereocenters. The Balaban J connectivity index is 2.38. The van der Waals surface area contributed by atoms with Gasteiger partial charge in [-0.1, -0.05) is 19.3 Å². The second kappa shape index (κ2) is 5.68. The van der Waals surface area contributed by atoms with Crippen molar-refractivity contribution >= 4 is 10.0 Å². The normalized spacial score (nSPS) is 19.8. The lowest BCUT2D eigenvalue weighted by Gasteiger charge is -2.21. The summed E-state index contributed by atoms with van der Waals surface area (Å²) in [7, 11) is -3.12. The van der Waals surface area contributed by atoms with Crippen molar-refractivity contribution in [2.45, 2.75) is 43.8 Å². The Kier molecular flexibility index (Phi) is 4.84. The minimum absolute atomic E-state index is 0.0349. The first-order valence-corrected chi connectivity index (χ1v) is 6.81. The van der Waals surface area contributed by atoms with Crippen LogP contribution in [0, 0.1) is 0 Å². The van der Waals surface area contributed by atoms with Crippen LogP contribution < -0.4 is 4.72 Å². The summed E-state index contributed by atoms with van der Waals surface area (Å²) in [6.45, 7) is 0.391. The van der Waals surface area contributed by atoms with E-state index in [9.17, 15) is 8.42 Å². The molecule has 0 aromatic heterocycles. The van der Waals surface area contributed by atoms with Crippen molar-refractivity contribution in [2.75, 3.05) is 13.2 Å². The SMILES string of the molecule is O=S(=O)(NCCCO)C1CCCCC1. The third kappa shape index (κ3) is 3.55. The summed E-state index contributed by atoms with van der Waals surface area (Å²) in [5.74, 6) is 0. The van der Waals surface area contributed by atoms with Crippen LogP contribution in [-0.2, 0) is 10.0 Å². The van der Waals surface area contributed by atoms with E-state index in [4.69, 9.17) is 5.11 Å². The van der Waals surface area contributed by atoms with Gasteiger partial charge in [-0.3, -0.25) is 0 Å². The van der Waals surface area contributed by atoms with E-state index in [-0.39, 0.29) is 11.9 Å². The van der Waals surface area contributed by atoms with Crippen molar-refractivity contribution in [3.8, 4) is 0 Å². The summed E-state index contributed by atoms with van der Waals surface area (Å²) in [5.41, 5.74) is 0. The second-order valence-corrected chi connectivity index (χ2v) is 5.82. The van der Waals surface area contributed by atoms with Gasteiger partial charge >= 0.3 is 0 Å². The Morgan fingerprint density at radius 3 is 2.43 bits per heavy atom. The van der Waals surface area contributed by atoms with E-state index >= 15 is 0 Å². The Morgan fingerprint density at radius 1 is 1.21 bits per heavy atom. The van der Waals surface area contributed by atoms with Crippen LogP contribution in [0.5, 0.6) is 0 Å². The van der Waals surface area contributed by atoms with Crippen LogP contribution in [0.3, 0.4) is 0 Å². The fourth-order valence-corrected chi connectivity index (χ4v) is 3.41. The summed E-state index contributed by atoms with van der Waals surface area (Å²) in [6.07, 6.45) is 5.26. The average molecular weight is 221 g/mol. The standard InChI is InChI=1S/C9H19NO3S/c11-8-4-7-10-14(12,13)9-5-2-1-3-6-9/h9-11H,1-8H2. The molecule has 0 heterocycles. The van der Waals surface area contributed by atoms with Crippen molar-refractivity contribution in [1.82, 2.24) is 4.72 Å². The number of nitrogens with one attached hydrogen (secondary N) is 1. The van der Waals surface area contributed by atoms with Crippen LogP contribution in [0.2, 0.25) is 0 Å². The van der Waals surface area contributed by atoms with Crippen molar-refractivity contribution in [2.24, 2.45) is 0 Å². The highest BCUT2D eigenvalue weighted by molar-refractivity contribution is 7.90. The number of aliphatic hydroxyl groups is 1. The van der Waals surface area contributed by atoms with Gasteiger partial charge in [0.2, 0.25) is 10.0 Å². The van der Waals surface area contributed by atoms with Crippen molar-refractivity contribution < 1.29 is 13.5 Å². The van der Waals surface area contributed by atoms with Gasteiger partial charge in [0.1, 0.15) is 0 Å². The van der Waals surface area contributed by atoms with Crippen LogP contribution >= 0.6 is 0 Å². The highest BCUT2D eigenvalue weighted by Gasteiger charge is 2.26. The topological polar surface area (TPSA) is 66.4 Å². The third-order valence-electron chi connectivity index (χ3n) is 2.63. The van der Waals surface area contributed by atoms with Crippen LogP contribution in [-0.4, -0.2) is 31.9 Å². The van der Waals surface area contributed by atoms with E-state index in [1.807, 2.05) is 0 Å². The van der Waals surface area contributed by atoms with E-state index in [0.717, 1.165) is 32.1 Å². The molecule has 1 saturated carbocycles. The molecule has 1 rings (SSSR count). The van der Waals surface area contributed by atoms with Crippen LogP contribution in [0.15, 0.2) is 0 Å². The lowest BCUT2D eigenvalue weighted by atomic mass is 10.0. The molecule has 4 nitrogen and oxygen atoms in total. The van der Waals surface area contributed by atoms with Gasteiger partial charge in [0.05, 0.1) is 5.25 Å². The maximum Gasteiger partial charge on any atom is 0.214 e. The average Bonchev–Trinajstić information content (AvgIpc) is 2.19. The third-order valence-corrected chi connectivity index (χ3v) is 4.58. The predicted molar refractivity (Wildman–Crippen MR) is 55.5 cm³/mol. The van der Waals surface area contributed by atoms with Gasteiger partial charge < -0.3 is 5.11 Å². The van der Waals surface area contributed by atoms with Crippen LogP contribution in [0.25, 0.3) is 0 Å². The Hall–Kier alpha value is -0.130. The first-order valence-electron chi connectivity index (χ1n) is 5.26. The molecule has 5 heteroatoms. The van der Waals surface area contributed by atoms with Gasteiger partial charge in [-0.05, 0) is 19.3 Å². The molecule has 2 N–H and O–H groups in total. The monoisotopic (exact) mass is 221 g/mol. The molecule has 0 aromatic carbocycles. The lowest BCUT2D eigenvalue weighted by Crippen LogP contribution is -2.36. The molecule has 0 saturated heterocycles. The molecule has 1 aliphatic carbocycles. The van der Waals surface area contributed by atoms with Crippen LogP contribution in [0.1, 0.15) is 38.5 Å². The Morgan fingerprint density at radius 2 is 1.86 bits per heavy atom. The minimum atomic E-state index is -3.12. The maximum atomic E-state index is 11.7. The quantitative estimate of drug-likeness (QED) is 0.669. The van der Waals surface area contributed by atoms with E-state index in [0.29, 0.717) is 13.0 Å². The number of hydrogen-bond acceptors (Lipinski definition) is 3. The zero-order valence-electron chi connectivity index (χ0n) is 8.41. The molecule has 14 heavy (non-hydrogen) atoms. The van der Waals surface area contributed by atoms with E-state index in [2.05, 4.69) is 4.72 Å². The lowest BCUT2D eigenvalue weighted by molar-refractivity contribution is 0.289. The fourth-order valence-electron chi connectivity index (χ4n) is 1.79. The molecule has 0 atom stereocenters. The van der Waals surface area contributed by atoms with Gasteiger partial charge in [-0.25, -0.2) is 13.1 Å². The summed E-state index contributed by atoms with van der Waals surface area (Å²) < 4.78 is 25.9. The van der Waals surface area contributed by atoms with Gasteiger partial charge in [0.15, 0.2) is 0 Å². The van der Waals surface area contributed by atoms with Crippen molar-refractivity contribution in [3.05, 3.63) is 0 Å². The maximum absolute atomic E-state index is 11.7. The molecular formula is C9H19NO3S. The minimum Gasteiger partial charge on any atom is -0.396 e. The molecule has 0 bridgehead atoms. The molecule has 1 fully saturated rings. The molecule has 0 spiro atoms. The molecule has 0 aromatic rings. The van der Waals surface area contributed by atoms with Gasteiger partial charge in [-0.15, -0.1) is 0 Å². The zero-order chi connectivity index (χ0) is 10.4. The number of rotatable bonds is 5. The highest BCUT2D eigenvalue weighted by atomic mass is 32.2.